The third kappa shape index (κ3) is 2.78. The molecule has 2 aromatic rings. The number of aryl methyl sites for hydroxylation is 1. The number of anilines is 1. The maximum atomic E-state index is 13.2. The smallest absolute Gasteiger partial charge is 0.309 e. The van der Waals surface area contributed by atoms with Crippen LogP contribution in [0.1, 0.15) is 42.8 Å². The number of fused-ring (bicyclic) bond motifs is 1. The van der Waals surface area contributed by atoms with Crippen molar-refractivity contribution in [2.24, 2.45) is 7.05 Å². The Morgan fingerprint density at radius 2 is 2.17 bits per heavy atom. The highest BCUT2D eigenvalue weighted by atomic mass is 19.4. The number of alkyl halides is 3. The van der Waals surface area contributed by atoms with Crippen LogP contribution in [0.3, 0.4) is 0 Å². The van der Waals surface area contributed by atoms with Gasteiger partial charge in [0, 0.05) is 24.4 Å². The number of hydrogen-bond donors (Lipinski definition) is 1. The second-order valence-electron chi connectivity index (χ2n) is 5.82. The van der Waals surface area contributed by atoms with Crippen LogP contribution < -0.4 is 5.32 Å². The number of rotatable bonds is 4. The lowest BCUT2D eigenvalue weighted by molar-refractivity contribution is -0.142. The molecule has 1 N–H and O–H groups in total. The van der Waals surface area contributed by atoms with Gasteiger partial charge < -0.3 is 5.32 Å². The summed E-state index contributed by atoms with van der Waals surface area (Å²) in [5, 5.41) is 10.4. The van der Waals surface area contributed by atoms with E-state index in [9.17, 15) is 18.0 Å². The molecule has 6 nitrogen and oxygen atoms in total. The van der Waals surface area contributed by atoms with Gasteiger partial charge in [-0.15, -0.1) is 0 Å². The zero-order valence-corrected chi connectivity index (χ0v) is 13.4. The SMILES string of the molecule is CCC(C(=O)Nc1ccnn1C)n1nc(C(F)(F)F)c2c1CCC2. The summed E-state index contributed by atoms with van der Waals surface area (Å²) in [4.78, 5) is 12.6. The third-order valence-corrected chi connectivity index (χ3v) is 4.28. The molecule has 1 aliphatic carbocycles. The Balaban J connectivity index is 1.94. The van der Waals surface area contributed by atoms with Gasteiger partial charge in [0.05, 0.1) is 6.20 Å². The van der Waals surface area contributed by atoms with Crippen LogP contribution in [-0.4, -0.2) is 25.5 Å². The molecule has 3 rings (SSSR count). The number of carbonyl (C=O) groups is 1. The van der Waals surface area contributed by atoms with Crippen molar-refractivity contribution in [3.8, 4) is 0 Å². The number of hydrogen-bond acceptors (Lipinski definition) is 3. The highest BCUT2D eigenvalue weighted by Crippen LogP contribution is 2.37. The molecular weight excluding hydrogens is 323 g/mol. The van der Waals surface area contributed by atoms with Crippen LogP contribution in [0.2, 0.25) is 0 Å². The number of amides is 1. The Hall–Kier alpha value is -2.32. The van der Waals surface area contributed by atoms with Gasteiger partial charge in [-0.2, -0.15) is 23.4 Å². The molecule has 9 heteroatoms. The molecule has 1 atom stereocenters. The lowest BCUT2D eigenvalue weighted by Gasteiger charge is -2.18. The van der Waals surface area contributed by atoms with Crippen LogP contribution in [0, 0.1) is 0 Å². The fourth-order valence-corrected chi connectivity index (χ4v) is 3.13. The molecule has 0 bridgehead atoms. The molecule has 0 radical (unpaired) electrons. The molecule has 0 aliphatic heterocycles. The summed E-state index contributed by atoms with van der Waals surface area (Å²) >= 11 is 0. The fraction of sp³-hybridized carbons (Fsp3) is 0.533. The van der Waals surface area contributed by atoms with Crippen LogP contribution in [0.15, 0.2) is 12.3 Å². The van der Waals surface area contributed by atoms with Crippen molar-refractivity contribution >= 4 is 11.7 Å². The topological polar surface area (TPSA) is 64.7 Å². The van der Waals surface area contributed by atoms with Crippen LogP contribution in [0.25, 0.3) is 0 Å². The molecule has 2 heterocycles. The average Bonchev–Trinajstić information content (AvgIpc) is 3.17. The summed E-state index contributed by atoms with van der Waals surface area (Å²) in [6, 6.07) is 0.835. The number of nitrogens with one attached hydrogen (secondary N) is 1. The van der Waals surface area contributed by atoms with Crippen LogP contribution in [0.5, 0.6) is 0 Å². The number of halogens is 3. The first-order valence-corrected chi connectivity index (χ1v) is 7.79. The van der Waals surface area contributed by atoms with Crippen molar-refractivity contribution in [3.05, 3.63) is 29.2 Å². The molecule has 0 spiro atoms. The molecular formula is C15H18F3N5O. The second-order valence-corrected chi connectivity index (χ2v) is 5.82. The highest BCUT2D eigenvalue weighted by Gasteiger charge is 2.41. The van der Waals surface area contributed by atoms with E-state index >= 15 is 0 Å². The monoisotopic (exact) mass is 341 g/mol. The van der Waals surface area contributed by atoms with Gasteiger partial charge in [-0.3, -0.25) is 14.2 Å². The van der Waals surface area contributed by atoms with Crippen molar-refractivity contribution < 1.29 is 18.0 Å². The Kier molecular flexibility index (Phi) is 4.10. The van der Waals surface area contributed by atoms with Gasteiger partial charge in [0.2, 0.25) is 5.91 Å². The molecule has 0 aromatic carbocycles. The van der Waals surface area contributed by atoms with Crippen molar-refractivity contribution in [2.75, 3.05) is 5.32 Å². The van der Waals surface area contributed by atoms with Gasteiger partial charge in [0.15, 0.2) is 5.69 Å². The van der Waals surface area contributed by atoms with Gasteiger partial charge in [-0.1, -0.05) is 6.92 Å². The predicted octanol–water partition coefficient (Wildman–Crippen LogP) is 2.71. The third-order valence-electron chi connectivity index (χ3n) is 4.28. The van der Waals surface area contributed by atoms with Crippen molar-refractivity contribution in [3.63, 3.8) is 0 Å². The number of aromatic nitrogens is 4. The Morgan fingerprint density at radius 3 is 2.75 bits per heavy atom. The molecule has 24 heavy (non-hydrogen) atoms. The minimum atomic E-state index is -4.50. The first-order chi connectivity index (χ1) is 11.3. The van der Waals surface area contributed by atoms with E-state index in [2.05, 4.69) is 15.5 Å². The predicted molar refractivity (Wildman–Crippen MR) is 80.4 cm³/mol. The molecule has 0 saturated carbocycles. The minimum absolute atomic E-state index is 0.231. The molecule has 0 fully saturated rings. The average molecular weight is 341 g/mol. The number of nitrogens with zero attached hydrogens (tertiary/aromatic N) is 4. The second kappa shape index (κ2) is 5.95. The van der Waals surface area contributed by atoms with E-state index in [0.717, 1.165) is 0 Å². The van der Waals surface area contributed by atoms with Crippen molar-refractivity contribution in [1.82, 2.24) is 19.6 Å². The van der Waals surface area contributed by atoms with E-state index in [4.69, 9.17) is 0 Å². The lowest BCUT2D eigenvalue weighted by Crippen LogP contribution is -2.28. The van der Waals surface area contributed by atoms with Crippen LogP contribution in [-0.2, 0) is 30.9 Å². The first kappa shape index (κ1) is 16.5. The quantitative estimate of drug-likeness (QED) is 0.930. The van der Waals surface area contributed by atoms with Crippen molar-refractivity contribution in [2.45, 2.75) is 44.8 Å². The zero-order chi connectivity index (χ0) is 17.5. The van der Waals surface area contributed by atoms with Gasteiger partial charge in [0.25, 0.3) is 0 Å². The molecule has 2 aromatic heterocycles. The Bertz CT molecular complexity index is 762. The Labute approximate surface area is 136 Å². The Morgan fingerprint density at radius 1 is 1.42 bits per heavy atom. The molecule has 1 amide bonds. The maximum absolute atomic E-state index is 13.2. The minimum Gasteiger partial charge on any atom is -0.309 e. The summed E-state index contributed by atoms with van der Waals surface area (Å²) in [6.45, 7) is 1.75. The molecule has 0 saturated heterocycles. The summed E-state index contributed by atoms with van der Waals surface area (Å²) < 4.78 is 42.3. The summed E-state index contributed by atoms with van der Waals surface area (Å²) in [7, 11) is 1.67. The van der Waals surface area contributed by atoms with E-state index in [1.54, 1.807) is 20.0 Å². The van der Waals surface area contributed by atoms with Gasteiger partial charge >= 0.3 is 6.18 Å². The first-order valence-electron chi connectivity index (χ1n) is 7.79. The molecule has 1 unspecified atom stereocenters. The van der Waals surface area contributed by atoms with Gasteiger partial charge in [-0.25, -0.2) is 0 Å². The van der Waals surface area contributed by atoms with E-state index in [0.29, 0.717) is 37.2 Å². The van der Waals surface area contributed by atoms with E-state index in [-0.39, 0.29) is 5.56 Å². The van der Waals surface area contributed by atoms with Gasteiger partial charge in [-0.05, 0) is 25.7 Å². The van der Waals surface area contributed by atoms with E-state index < -0.39 is 23.8 Å². The standard InChI is InChI=1S/C15H18F3N5O/c1-3-10(14(24)20-12-7-8-19-22(12)2)23-11-6-4-5-9(11)13(21-23)15(16,17)18/h7-8,10H,3-6H2,1-2H3,(H,20,24). The summed E-state index contributed by atoms with van der Waals surface area (Å²) in [5.41, 5.74) is -0.106. The molecule has 130 valence electrons. The highest BCUT2D eigenvalue weighted by molar-refractivity contribution is 5.93. The van der Waals surface area contributed by atoms with E-state index in [1.807, 2.05) is 0 Å². The summed E-state index contributed by atoms with van der Waals surface area (Å²) in [6.07, 6.45) is -1.12. The fourth-order valence-electron chi connectivity index (χ4n) is 3.13. The summed E-state index contributed by atoms with van der Waals surface area (Å²) in [5.74, 6) is 0.0883. The lowest BCUT2D eigenvalue weighted by atomic mass is 10.1. The largest absolute Gasteiger partial charge is 0.435 e. The molecule has 1 aliphatic rings. The zero-order valence-electron chi connectivity index (χ0n) is 13.4. The normalized spacial score (nSPS) is 15.4. The maximum Gasteiger partial charge on any atom is 0.435 e. The van der Waals surface area contributed by atoms with Crippen LogP contribution in [0.4, 0.5) is 19.0 Å². The number of carbonyl (C=O) groups excluding carboxylic acids is 1. The van der Waals surface area contributed by atoms with E-state index in [1.165, 1.54) is 15.6 Å². The van der Waals surface area contributed by atoms with Gasteiger partial charge in [0.1, 0.15) is 11.9 Å². The van der Waals surface area contributed by atoms with Crippen molar-refractivity contribution in [1.29, 1.82) is 0 Å². The van der Waals surface area contributed by atoms with Crippen LogP contribution >= 0.6 is 0 Å².